The van der Waals surface area contributed by atoms with Crippen LogP contribution in [0.3, 0.4) is 0 Å². The van der Waals surface area contributed by atoms with Crippen LogP contribution in [0.2, 0.25) is 0 Å². The molecule has 0 bridgehead atoms. The lowest BCUT2D eigenvalue weighted by molar-refractivity contribution is 0.266. The van der Waals surface area contributed by atoms with Crippen LogP contribution in [0.15, 0.2) is 30.5 Å². The molecule has 0 saturated heterocycles. The molecule has 0 amide bonds. The van der Waals surface area contributed by atoms with Crippen LogP contribution in [0.1, 0.15) is 44.1 Å². The molecule has 0 spiro atoms. The van der Waals surface area contributed by atoms with E-state index in [1.54, 1.807) is 6.07 Å². The van der Waals surface area contributed by atoms with Crippen molar-refractivity contribution < 1.29 is 8.78 Å². The number of hydrogen-bond donors (Lipinski definition) is 1. The first-order chi connectivity index (χ1) is 16.8. The molecule has 0 saturated carbocycles. The van der Waals surface area contributed by atoms with E-state index in [1.165, 1.54) is 11.6 Å². The Hall–Kier alpha value is -3.46. The number of hydrogen-bond acceptors (Lipinski definition) is 6. The molecule has 1 N–H and O–H groups in total. The van der Waals surface area contributed by atoms with Crippen molar-refractivity contribution in [2.24, 2.45) is 0 Å². The predicted molar refractivity (Wildman–Crippen MR) is 130 cm³/mol. The molecule has 2 aliphatic heterocycles. The SMILES string of the molecule is CCN1CCc2nc(Nc3ncc(F)c(-c4cc(F)c5nn6c(c5c4)C(C)(C)CC6)n3)ccc2C1. The van der Waals surface area contributed by atoms with E-state index >= 15 is 4.39 Å². The van der Waals surface area contributed by atoms with Gasteiger partial charge in [0.05, 0.1) is 11.9 Å². The van der Waals surface area contributed by atoms with Crippen LogP contribution in [-0.2, 0) is 24.9 Å². The minimum Gasteiger partial charge on any atom is -0.309 e. The van der Waals surface area contributed by atoms with Crippen LogP contribution in [0.5, 0.6) is 0 Å². The Morgan fingerprint density at radius 1 is 1.09 bits per heavy atom. The van der Waals surface area contributed by atoms with Crippen molar-refractivity contribution >= 4 is 22.7 Å². The Balaban J connectivity index is 1.35. The Morgan fingerprint density at radius 3 is 2.77 bits per heavy atom. The van der Waals surface area contributed by atoms with Gasteiger partial charge in [-0.25, -0.2) is 23.7 Å². The van der Waals surface area contributed by atoms with E-state index in [1.807, 2.05) is 10.7 Å². The Morgan fingerprint density at radius 2 is 1.94 bits per heavy atom. The van der Waals surface area contributed by atoms with Crippen molar-refractivity contribution in [2.45, 2.75) is 52.1 Å². The molecule has 9 heteroatoms. The predicted octanol–water partition coefficient (Wildman–Crippen LogP) is 4.97. The third-order valence-corrected chi connectivity index (χ3v) is 7.22. The molecule has 2 aliphatic rings. The average molecular weight is 476 g/mol. The first-order valence-electron chi connectivity index (χ1n) is 12.0. The van der Waals surface area contributed by atoms with Crippen molar-refractivity contribution in [3.8, 4) is 11.3 Å². The zero-order valence-corrected chi connectivity index (χ0v) is 20.1. The molecule has 180 valence electrons. The molecule has 35 heavy (non-hydrogen) atoms. The van der Waals surface area contributed by atoms with Gasteiger partial charge in [-0.05, 0) is 36.7 Å². The molecule has 0 radical (unpaired) electrons. The summed E-state index contributed by atoms with van der Waals surface area (Å²) in [4.78, 5) is 15.6. The molecule has 6 rings (SSSR count). The van der Waals surface area contributed by atoms with Crippen molar-refractivity contribution in [1.29, 1.82) is 0 Å². The van der Waals surface area contributed by atoms with Gasteiger partial charge in [0.2, 0.25) is 5.95 Å². The van der Waals surface area contributed by atoms with Gasteiger partial charge < -0.3 is 5.32 Å². The minimum atomic E-state index is -0.615. The Labute approximate surface area is 202 Å². The second-order valence-electron chi connectivity index (χ2n) is 10.00. The van der Waals surface area contributed by atoms with Gasteiger partial charge in [0, 0.05) is 48.1 Å². The standard InChI is InChI=1S/C26H27F2N7/c1-4-34-9-7-20-15(14-34)5-6-21(30-20)31-25-29-13-19(28)22(32-25)16-11-17-23(18(27)12-16)33-35-10-8-26(2,3)24(17)35/h5-6,11-13H,4,7-10,14H2,1-3H3,(H,29,30,31,32). The van der Waals surface area contributed by atoms with Gasteiger partial charge in [-0.15, -0.1) is 0 Å². The number of halogens is 2. The largest absolute Gasteiger partial charge is 0.309 e. The van der Waals surface area contributed by atoms with Crippen LogP contribution in [-0.4, -0.2) is 42.7 Å². The van der Waals surface area contributed by atoms with E-state index in [0.717, 1.165) is 56.6 Å². The second-order valence-corrected chi connectivity index (χ2v) is 10.00. The van der Waals surface area contributed by atoms with Gasteiger partial charge in [-0.2, -0.15) is 5.10 Å². The van der Waals surface area contributed by atoms with Crippen LogP contribution in [0.4, 0.5) is 20.5 Å². The van der Waals surface area contributed by atoms with E-state index in [0.29, 0.717) is 22.3 Å². The Kier molecular flexibility index (Phi) is 5.07. The lowest BCUT2D eigenvalue weighted by Gasteiger charge is -2.27. The second kappa shape index (κ2) is 8.05. The maximum atomic E-state index is 15.1. The molecule has 0 atom stereocenters. The summed E-state index contributed by atoms with van der Waals surface area (Å²) >= 11 is 0. The van der Waals surface area contributed by atoms with Crippen molar-refractivity contribution in [1.82, 2.24) is 29.6 Å². The highest BCUT2D eigenvalue weighted by atomic mass is 19.1. The fourth-order valence-electron chi connectivity index (χ4n) is 5.27. The number of anilines is 2. The van der Waals surface area contributed by atoms with E-state index < -0.39 is 11.6 Å². The van der Waals surface area contributed by atoms with Gasteiger partial charge >= 0.3 is 0 Å². The van der Waals surface area contributed by atoms with Gasteiger partial charge in [0.25, 0.3) is 0 Å². The molecule has 0 unspecified atom stereocenters. The monoisotopic (exact) mass is 475 g/mol. The summed E-state index contributed by atoms with van der Waals surface area (Å²) in [5.74, 6) is -0.291. The number of aryl methyl sites for hydroxylation is 1. The summed E-state index contributed by atoms with van der Waals surface area (Å²) in [7, 11) is 0. The number of aromatic nitrogens is 5. The third-order valence-electron chi connectivity index (χ3n) is 7.22. The third kappa shape index (κ3) is 3.74. The number of benzene rings is 1. The number of rotatable bonds is 4. The van der Waals surface area contributed by atoms with Crippen LogP contribution < -0.4 is 5.32 Å². The van der Waals surface area contributed by atoms with Crippen molar-refractivity contribution in [3.63, 3.8) is 0 Å². The summed E-state index contributed by atoms with van der Waals surface area (Å²) in [6.07, 6.45) is 2.91. The first-order valence-corrected chi connectivity index (χ1v) is 12.0. The van der Waals surface area contributed by atoms with E-state index in [2.05, 4.69) is 52.1 Å². The van der Waals surface area contributed by atoms with Crippen LogP contribution in [0.25, 0.3) is 22.2 Å². The van der Waals surface area contributed by atoms with Crippen molar-refractivity contribution in [2.75, 3.05) is 18.4 Å². The normalized spacial score (nSPS) is 16.9. The lowest BCUT2D eigenvalue weighted by Crippen LogP contribution is -2.30. The van der Waals surface area contributed by atoms with E-state index in [-0.39, 0.29) is 17.1 Å². The lowest BCUT2D eigenvalue weighted by atomic mass is 9.86. The summed E-state index contributed by atoms with van der Waals surface area (Å²) < 4.78 is 31.8. The zero-order valence-electron chi connectivity index (χ0n) is 20.1. The first kappa shape index (κ1) is 22.0. The quantitative estimate of drug-likeness (QED) is 0.449. The van der Waals surface area contributed by atoms with E-state index in [4.69, 9.17) is 4.98 Å². The fraction of sp³-hybridized carbons (Fsp3) is 0.385. The number of fused-ring (bicyclic) bond motifs is 4. The summed E-state index contributed by atoms with van der Waals surface area (Å²) in [5, 5.41) is 8.25. The number of pyridine rings is 1. The van der Waals surface area contributed by atoms with Crippen LogP contribution >= 0.6 is 0 Å². The molecule has 1 aromatic carbocycles. The van der Waals surface area contributed by atoms with E-state index in [9.17, 15) is 4.39 Å². The van der Waals surface area contributed by atoms with Crippen molar-refractivity contribution in [3.05, 3.63) is 59.0 Å². The summed E-state index contributed by atoms with van der Waals surface area (Å²) in [6, 6.07) is 7.02. The average Bonchev–Trinajstić information content (AvgIpc) is 3.37. The number of nitrogens with one attached hydrogen (secondary N) is 1. The number of likely N-dealkylation sites (N-methyl/N-ethyl adjacent to an activating group) is 1. The molecule has 0 fully saturated rings. The highest BCUT2D eigenvalue weighted by Gasteiger charge is 2.34. The minimum absolute atomic E-state index is 0.0376. The maximum absolute atomic E-state index is 15.1. The van der Waals surface area contributed by atoms with Crippen LogP contribution in [0, 0.1) is 11.6 Å². The van der Waals surface area contributed by atoms with Gasteiger partial charge in [0.1, 0.15) is 17.0 Å². The zero-order chi connectivity index (χ0) is 24.3. The van der Waals surface area contributed by atoms with Gasteiger partial charge in [-0.1, -0.05) is 26.8 Å². The Bertz CT molecular complexity index is 1460. The molecular weight excluding hydrogens is 448 g/mol. The summed E-state index contributed by atoms with van der Waals surface area (Å²) in [6.45, 7) is 10.0. The summed E-state index contributed by atoms with van der Waals surface area (Å²) in [5.41, 5.74) is 3.80. The molecule has 5 heterocycles. The maximum Gasteiger partial charge on any atom is 0.229 e. The van der Waals surface area contributed by atoms with Gasteiger partial charge in [-0.3, -0.25) is 9.58 Å². The molecule has 7 nitrogen and oxygen atoms in total. The highest BCUT2D eigenvalue weighted by Crippen LogP contribution is 2.40. The highest BCUT2D eigenvalue weighted by molar-refractivity contribution is 5.88. The fourth-order valence-corrected chi connectivity index (χ4v) is 5.27. The topological polar surface area (TPSA) is 71.8 Å². The number of nitrogens with zero attached hydrogens (tertiary/aromatic N) is 6. The smallest absolute Gasteiger partial charge is 0.229 e. The molecule has 4 aromatic rings. The molecule has 3 aromatic heterocycles. The molecule has 0 aliphatic carbocycles. The van der Waals surface area contributed by atoms with Gasteiger partial charge in [0.15, 0.2) is 11.6 Å². The molecular formula is C26H27F2N7.